The monoisotopic (exact) mass is 298 g/mol. The highest BCUT2D eigenvalue weighted by Crippen LogP contribution is 2.26. The first-order valence-corrected chi connectivity index (χ1v) is 8.30. The SMILES string of the molecule is CCC(CCN)CCC(=O)NC(C(=O)O)C1CCCCC1. The Kier molecular flexibility index (Phi) is 8.35. The summed E-state index contributed by atoms with van der Waals surface area (Å²) in [5.41, 5.74) is 5.55. The summed E-state index contributed by atoms with van der Waals surface area (Å²) in [6, 6.07) is -0.715. The van der Waals surface area contributed by atoms with Crippen molar-refractivity contribution in [1.29, 1.82) is 0 Å². The average molecular weight is 298 g/mol. The molecule has 1 amide bonds. The maximum absolute atomic E-state index is 12.0. The van der Waals surface area contributed by atoms with E-state index in [0.717, 1.165) is 44.9 Å². The first-order valence-electron chi connectivity index (χ1n) is 8.30. The Hall–Kier alpha value is -1.10. The van der Waals surface area contributed by atoms with Crippen LogP contribution >= 0.6 is 0 Å². The molecule has 4 N–H and O–H groups in total. The van der Waals surface area contributed by atoms with Gasteiger partial charge in [0, 0.05) is 6.42 Å². The Morgan fingerprint density at radius 2 is 1.90 bits per heavy atom. The highest BCUT2D eigenvalue weighted by atomic mass is 16.4. The summed E-state index contributed by atoms with van der Waals surface area (Å²) in [6.45, 7) is 2.74. The molecule has 2 atom stereocenters. The summed E-state index contributed by atoms with van der Waals surface area (Å²) < 4.78 is 0. The molecule has 1 aliphatic carbocycles. The third kappa shape index (κ3) is 6.46. The van der Waals surface area contributed by atoms with Crippen molar-refractivity contribution >= 4 is 11.9 Å². The van der Waals surface area contributed by atoms with Crippen molar-refractivity contribution in [3.05, 3.63) is 0 Å². The molecule has 1 fully saturated rings. The van der Waals surface area contributed by atoms with Crippen molar-refractivity contribution < 1.29 is 14.7 Å². The van der Waals surface area contributed by atoms with Crippen LogP contribution < -0.4 is 11.1 Å². The van der Waals surface area contributed by atoms with Gasteiger partial charge in [-0.3, -0.25) is 4.79 Å². The fourth-order valence-corrected chi connectivity index (χ4v) is 3.22. The van der Waals surface area contributed by atoms with Gasteiger partial charge in [-0.2, -0.15) is 0 Å². The highest BCUT2D eigenvalue weighted by Gasteiger charge is 2.30. The quantitative estimate of drug-likeness (QED) is 0.609. The van der Waals surface area contributed by atoms with E-state index in [1.807, 2.05) is 0 Å². The first kappa shape index (κ1) is 18.0. The molecule has 5 nitrogen and oxygen atoms in total. The number of amides is 1. The van der Waals surface area contributed by atoms with Crippen LogP contribution in [0.4, 0.5) is 0 Å². The lowest BCUT2D eigenvalue weighted by Crippen LogP contribution is -2.46. The zero-order valence-corrected chi connectivity index (χ0v) is 13.1. The number of carbonyl (C=O) groups is 2. The second kappa shape index (κ2) is 9.77. The van der Waals surface area contributed by atoms with E-state index in [0.29, 0.717) is 18.9 Å². The van der Waals surface area contributed by atoms with Crippen LogP contribution in [0.2, 0.25) is 0 Å². The van der Waals surface area contributed by atoms with Crippen molar-refractivity contribution in [2.24, 2.45) is 17.6 Å². The number of aliphatic carboxylic acids is 1. The van der Waals surface area contributed by atoms with Crippen molar-refractivity contribution in [2.45, 2.75) is 70.8 Å². The summed E-state index contributed by atoms with van der Waals surface area (Å²) in [6.07, 6.45) is 8.24. The van der Waals surface area contributed by atoms with Crippen LogP contribution in [0.15, 0.2) is 0 Å². The van der Waals surface area contributed by atoms with Crippen LogP contribution in [-0.2, 0) is 9.59 Å². The van der Waals surface area contributed by atoms with Crippen LogP contribution in [-0.4, -0.2) is 29.6 Å². The lowest BCUT2D eigenvalue weighted by atomic mass is 9.83. The molecule has 0 saturated heterocycles. The van der Waals surface area contributed by atoms with E-state index in [-0.39, 0.29) is 11.8 Å². The largest absolute Gasteiger partial charge is 0.480 e. The minimum atomic E-state index is -0.899. The second-order valence-electron chi connectivity index (χ2n) is 6.17. The van der Waals surface area contributed by atoms with Gasteiger partial charge in [0.05, 0.1) is 0 Å². The summed E-state index contributed by atoms with van der Waals surface area (Å²) in [5.74, 6) is -0.488. The van der Waals surface area contributed by atoms with Gasteiger partial charge in [-0.15, -0.1) is 0 Å². The number of rotatable bonds is 9. The van der Waals surface area contributed by atoms with Crippen LogP contribution in [0.1, 0.15) is 64.7 Å². The number of carboxylic acid groups (broad SMARTS) is 1. The highest BCUT2D eigenvalue weighted by molar-refractivity contribution is 5.83. The molecule has 0 bridgehead atoms. The Balaban J connectivity index is 2.43. The van der Waals surface area contributed by atoms with E-state index >= 15 is 0 Å². The summed E-state index contributed by atoms with van der Waals surface area (Å²) in [5, 5.41) is 12.1. The molecular formula is C16H30N2O3. The van der Waals surface area contributed by atoms with Crippen LogP contribution in [0.5, 0.6) is 0 Å². The van der Waals surface area contributed by atoms with E-state index in [1.54, 1.807) is 0 Å². The van der Waals surface area contributed by atoms with E-state index < -0.39 is 12.0 Å². The van der Waals surface area contributed by atoms with Crippen molar-refractivity contribution in [3.8, 4) is 0 Å². The fourth-order valence-electron chi connectivity index (χ4n) is 3.22. The molecule has 0 aromatic carbocycles. The molecule has 1 rings (SSSR count). The average Bonchev–Trinajstić information content (AvgIpc) is 2.49. The predicted molar refractivity (Wildman–Crippen MR) is 82.8 cm³/mol. The van der Waals surface area contributed by atoms with Gasteiger partial charge in [-0.1, -0.05) is 32.6 Å². The molecule has 122 valence electrons. The van der Waals surface area contributed by atoms with Crippen LogP contribution in [0, 0.1) is 11.8 Å². The minimum Gasteiger partial charge on any atom is -0.480 e. The molecule has 0 heterocycles. The fraction of sp³-hybridized carbons (Fsp3) is 0.875. The van der Waals surface area contributed by atoms with Gasteiger partial charge in [0.15, 0.2) is 0 Å². The molecule has 2 unspecified atom stereocenters. The van der Waals surface area contributed by atoms with Crippen molar-refractivity contribution in [1.82, 2.24) is 5.32 Å². The number of carbonyl (C=O) groups excluding carboxylic acids is 1. The van der Waals surface area contributed by atoms with Gasteiger partial charge in [-0.25, -0.2) is 4.79 Å². The van der Waals surface area contributed by atoms with Crippen molar-refractivity contribution in [2.75, 3.05) is 6.54 Å². The predicted octanol–water partition coefficient (Wildman–Crippen LogP) is 2.29. The Morgan fingerprint density at radius 1 is 1.24 bits per heavy atom. The zero-order valence-electron chi connectivity index (χ0n) is 13.1. The number of nitrogens with two attached hydrogens (primary N) is 1. The molecule has 0 radical (unpaired) electrons. The number of carboxylic acids is 1. The van der Waals surface area contributed by atoms with E-state index in [2.05, 4.69) is 12.2 Å². The summed E-state index contributed by atoms with van der Waals surface area (Å²) >= 11 is 0. The smallest absolute Gasteiger partial charge is 0.326 e. The Bertz CT molecular complexity index is 327. The number of hydrogen-bond donors (Lipinski definition) is 3. The normalized spacial score (nSPS) is 19.0. The molecule has 5 heteroatoms. The maximum Gasteiger partial charge on any atom is 0.326 e. The third-order valence-corrected chi connectivity index (χ3v) is 4.64. The maximum atomic E-state index is 12.0. The topological polar surface area (TPSA) is 92.4 Å². The molecule has 21 heavy (non-hydrogen) atoms. The molecular weight excluding hydrogens is 268 g/mol. The number of nitrogens with one attached hydrogen (secondary N) is 1. The first-order chi connectivity index (χ1) is 10.1. The minimum absolute atomic E-state index is 0.0891. The van der Waals surface area contributed by atoms with Crippen LogP contribution in [0.25, 0.3) is 0 Å². The third-order valence-electron chi connectivity index (χ3n) is 4.64. The van der Waals surface area contributed by atoms with Gasteiger partial charge in [0.2, 0.25) is 5.91 Å². The van der Waals surface area contributed by atoms with Gasteiger partial charge in [0.25, 0.3) is 0 Å². The van der Waals surface area contributed by atoms with E-state index in [9.17, 15) is 14.7 Å². The van der Waals surface area contributed by atoms with Crippen molar-refractivity contribution in [3.63, 3.8) is 0 Å². The van der Waals surface area contributed by atoms with Gasteiger partial charge >= 0.3 is 5.97 Å². The lowest BCUT2D eigenvalue weighted by molar-refractivity contribution is -0.143. The summed E-state index contributed by atoms with van der Waals surface area (Å²) in [4.78, 5) is 23.4. The zero-order chi connectivity index (χ0) is 15.7. The lowest BCUT2D eigenvalue weighted by Gasteiger charge is -2.28. The second-order valence-corrected chi connectivity index (χ2v) is 6.17. The molecule has 1 aliphatic rings. The van der Waals surface area contributed by atoms with E-state index in [4.69, 9.17) is 5.73 Å². The van der Waals surface area contributed by atoms with Gasteiger partial charge < -0.3 is 16.2 Å². The number of hydrogen-bond acceptors (Lipinski definition) is 3. The van der Waals surface area contributed by atoms with Gasteiger partial charge in [0.1, 0.15) is 6.04 Å². The van der Waals surface area contributed by atoms with Gasteiger partial charge in [-0.05, 0) is 44.1 Å². The molecule has 1 saturated carbocycles. The Labute approximate surface area is 127 Å². The summed E-state index contributed by atoms with van der Waals surface area (Å²) in [7, 11) is 0. The molecule has 0 aliphatic heterocycles. The molecule has 0 spiro atoms. The van der Waals surface area contributed by atoms with E-state index in [1.165, 1.54) is 6.42 Å². The standard InChI is InChI=1S/C16H30N2O3/c1-2-12(10-11-17)8-9-14(19)18-15(16(20)21)13-6-4-3-5-7-13/h12-13,15H,2-11,17H2,1H3,(H,18,19)(H,20,21). The molecule has 0 aromatic heterocycles. The molecule has 0 aromatic rings. The Morgan fingerprint density at radius 3 is 2.43 bits per heavy atom. The van der Waals surface area contributed by atoms with Crippen LogP contribution in [0.3, 0.4) is 0 Å².